The zero-order valence-corrected chi connectivity index (χ0v) is 19.9. The molecule has 0 aromatic rings. The van der Waals surface area contributed by atoms with E-state index >= 15 is 0 Å². The standard InChI is InChI=1S/C20H41NO2.CH4O4S/c1-4-6-7-8-9-10-11-12-13-14-15-16-17-18-20(23)21(5-2)19(3)22;1-5-6(2,3)4/h19,22H,4-18H2,1-3H3;1H3,(H,2,3,4). The number of amides is 1. The summed E-state index contributed by atoms with van der Waals surface area (Å²) >= 11 is 0. The molecule has 0 aliphatic rings. The maximum atomic E-state index is 11.9. The van der Waals surface area contributed by atoms with Gasteiger partial charge in [0.1, 0.15) is 6.23 Å². The van der Waals surface area contributed by atoms with Gasteiger partial charge in [-0.15, -0.1) is 0 Å². The van der Waals surface area contributed by atoms with Crippen LogP contribution in [0.2, 0.25) is 0 Å². The molecule has 7 nitrogen and oxygen atoms in total. The second-order valence-electron chi connectivity index (χ2n) is 7.40. The highest BCUT2D eigenvalue weighted by atomic mass is 32.3. The summed E-state index contributed by atoms with van der Waals surface area (Å²) in [4.78, 5) is 13.4. The van der Waals surface area contributed by atoms with Crippen molar-refractivity contribution in [2.24, 2.45) is 0 Å². The van der Waals surface area contributed by atoms with Crippen molar-refractivity contribution in [2.45, 2.75) is 117 Å². The van der Waals surface area contributed by atoms with Crippen LogP contribution in [-0.4, -0.2) is 48.8 Å². The number of hydrogen-bond acceptors (Lipinski definition) is 5. The third kappa shape index (κ3) is 23.4. The van der Waals surface area contributed by atoms with Crippen LogP contribution in [0.4, 0.5) is 0 Å². The Morgan fingerprint density at radius 3 is 1.48 bits per heavy atom. The summed E-state index contributed by atoms with van der Waals surface area (Å²) in [5, 5.41) is 9.49. The molecule has 1 unspecified atom stereocenters. The van der Waals surface area contributed by atoms with E-state index in [0.717, 1.165) is 20.0 Å². The van der Waals surface area contributed by atoms with E-state index in [-0.39, 0.29) is 5.91 Å². The Kier molecular flexibility index (Phi) is 21.6. The third-order valence-electron chi connectivity index (χ3n) is 4.82. The van der Waals surface area contributed by atoms with Gasteiger partial charge in [-0.25, -0.2) is 0 Å². The quantitative estimate of drug-likeness (QED) is 0.186. The van der Waals surface area contributed by atoms with Crippen LogP contribution in [0.3, 0.4) is 0 Å². The predicted molar refractivity (Wildman–Crippen MR) is 118 cm³/mol. The fraction of sp³-hybridized carbons (Fsp3) is 0.952. The number of nitrogens with zero attached hydrogens (tertiary/aromatic N) is 1. The molecule has 0 bridgehead atoms. The van der Waals surface area contributed by atoms with Crippen molar-refractivity contribution in [1.29, 1.82) is 0 Å². The number of carbonyl (C=O) groups excluding carboxylic acids is 1. The van der Waals surface area contributed by atoms with Crippen LogP contribution >= 0.6 is 0 Å². The maximum absolute atomic E-state index is 11.9. The molecular formula is C21H45NO6S. The topological polar surface area (TPSA) is 104 Å². The molecule has 0 aliphatic heterocycles. The first-order valence-corrected chi connectivity index (χ1v) is 12.6. The first-order valence-electron chi connectivity index (χ1n) is 11.2. The Balaban J connectivity index is 0. The lowest BCUT2D eigenvalue weighted by atomic mass is 10.0. The second-order valence-corrected chi connectivity index (χ2v) is 8.59. The molecule has 1 atom stereocenters. The summed E-state index contributed by atoms with van der Waals surface area (Å²) < 4.78 is 29.7. The molecule has 0 saturated carbocycles. The van der Waals surface area contributed by atoms with Crippen LogP contribution in [0.25, 0.3) is 0 Å². The van der Waals surface area contributed by atoms with Gasteiger partial charge in [-0.2, -0.15) is 8.42 Å². The number of hydrogen-bond donors (Lipinski definition) is 2. The van der Waals surface area contributed by atoms with Crippen LogP contribution in [0.1, 0.15) is 111 Å². The molecule has 29 heavy (non-hydrogen) atoms. The molecule has 0 aliphatic carbocycles. The van der Waals surface area contributed by atoms with Crippen LogP contribution in [0, 0.1) is 0 Å². The third-order valence-corrected chi connectivity index (χ3v) is 5.24. The van der Waals surface area contributed by atoms with E-state index in [1.54, 1.807) is 11.8 Å². The fourth-order valence-corrected chi connectivity index (χ4v) is 3.09. The smallest absolute Gasteiger partial charge is 0.374 e. The van der Waals surface area contributed by atoms with E-state index in [1.807, 2.05) is 6.92 Å². The minimum atomic E-state index is -4.16. The summed E-state index contributed by atoms with van der Waals surface area (Å²) in [5.74, 6) is 0.0885. The first kappa shape index (κ1) is 30.5. The van der Waals surface area contributed by atoms with Gasteiger partial charge in [0.05, 0.1) is 7.11 Å². The molecule has 1 amide bonds. The molecule has 0 spiro atoms. The van der Waals surface area contributed by atoms with Crippen LogP contribution in [-0.2, 0) is 19.4 Å². The van der Waals surface area contributed by atoms with E-state index in [0.29, 0.717) is 13.0 Å². The van der Waals surface area contributed by atoms with E-state index in [2.05, 4.69) is 11.1 Å². The molecule has 0 aromatic heterocycles. The van der Waals surface area contributed by atoms with Crippen molar-refractivity contribution in [1.82, 2.24) is 4.90 Å². The normalized spacial score (nSPS) is 12.2. The Labute approximate surface area is 179 Å². The molecule has 0 saturated heterocycles. The highest BCUT2D eigenvalue weighted by Gasteiger charge is 2.14. The molecule has 176 valence electrons. The van der Waals surface area contributed by atoms with Crippen molar-refractivity contribution in [2.75, 3.05) is 13.7 Å². The first-order chi connectivity index (χ1) is 13.7. The van der Waals surface area contributed by atoms with Crippen molar-refractivity contribution < 1.29 is 27.1 Å². The van der Waals surface area contributed by atoms with E-state index in [1.165, 1.54) is 70.6 Å². The van der Waals surface area contributed by atoms with Crippen molar-refractivity contribution in [3.8, 4) is 0 Å². The van der Waals surface area contributed by atoms with Gasteiger partial charge in [0.25, 0.3) is 0 Å². The Morgan fingerprint density at radius 1 is 0.862 bits per heavy atom. The summed E-state index contributed by atoms with van der Waals surface area (Å²) in [5.41, 5.74) is 0. The van der Waals surface area contributed by atoms with E-state index in [9.17, 15) is 18.3 Å². The van der Waals surface area contributed by atoms with Gasteiger partial charge >= 0.3 is 10.4 Å². The Bertz CT molecular complexity index is 468. The lowest BCUT2D eigenvalue weighted by Crippen LogP contribution is -2.38. The minimum Gasteiger partial charge on any atom is -0.374 e. The Hall–Kier alpha value is -0.700. The summed E-state index contributed by atoms with van der Waals surface area (Å²) in [6, 6.07) is 0. The molecule has 0 fully saturated rings. The zero-order chi connectivity index (χ0) is 22.5. The van der Waals surface area contributed by atoms with Gasteiger partial charge in [-0.3, -0.25) is 13.5 Å². The number of unbranched alkanes of at least 4 members (excludes halogenated alkanes) is 12. The summed E-state index contributed by atoms with van der Waals surface area (Å²) in [6.07, 6.45) is 17.1. The minimum absolute atomic E-state index is 0.0885. The summed E-state index contributed by atoms with van der Waals surface area (Å²) in [7, 11) is -3.29. The van der Waals surface area contributed by atoms with Crippen molar-refractivity contribution in [3.05, 3.63) is 0 Å². The molecule has 8 heteroatoms. The number of aliphatic hydroxyl groups excluding tert-OH is 1. The second kappa shape index (κ2) is 20.6. The van der Waals surface area contributed by atoms with Gasteiger partial charge < -0.3 is 10.0 Å². The molecule has 0 radical (unpaired) electrons. The maximum Gasteiger partial charge on any atom is 0.397 e. The van der Waals surface area contributed by atoms with Gasteiger partial charge in [0.15, 0.2) is 0 Å². The van der Waals surface area contributed by atoms with Crippen LogP contribution < -0.4 is 0 Å². The predicted octanol–water partition coefficient (Wildman–Crippen LogP) is 5.09. The van der Waals surface area contributed by atoms with E-state index < -0.39 is 16.6 Å². The van der Waals surface area contributed by atoms with Crippen LogP contribution in [0.15, 0.2) is 0 Å². The molecule has 0 heterocycles. The average Bonchev–Trinajstić information content (AvgIpc) is 2.65. The molecular weight excluding hydrogens is 394 g/mol. The van der Waals surface area contributed by atoms with Crippen molar-refractivity contribution in [3.63, 3.8) is 0 Å². The number of carbonyl (C=O) groups is 1. The highest BCUT2D eigenvalue weighted by molar-refractivity contribution is 7.80. The molecule has 0 rings (SSSR count). The van der Waals surface area contributed by atoms with Crippen molar-refractivity contribution >= 4 is 16.3 Å². The van der Waals surface area contributed by atoms with Gasteiger partial charge in [0, 0.05) is 13.0 Å². The lowest BCUT2D eigenvalue weighted by Gasteiger charge is -2.23. The van der Waals surface area contributed by atoms with E-state index in [4.69, 9.17) is 4.55 Å². The SMILES string of the molecule is CCCCCCCCCCCCCCCC(=O)N(CC)C(C)O.COS(=O)(=O)O. The average molecular weight is 440 g/mol. The molecule has 0 aromatic carbocycles. The van der Waals surface area contributed by atoms with Gasteiger partial charge in [-0.1, -0.05) is 84.0 Å². The lowest BCUT2D eigenvalue weighted by molar-refractivity contribution is -0.139. The summed E-state index contributed by atoms with van der Waals surface area (Å²) in [6.45, 7) is 6.43. The highest BCUT2D eigenvalue weighted by Crippen LogP contribution is 2.13. The molecule has 2 N–H and O–H groups in total. The Morgan fingerprint density at radius 2 is 1.21 bits per heavy atom. The monoisotopic (exact) mass is 439 g/mol. The van der Waals surface area contributed by atoms with Gasteiger partial charge in [0.2, 0.25) is 5.91 Å². The largest absolute Gasteiger partial charge is 0.397 e. The number of aliphatic hydroxyl groups is 1. The fourth-order valence-electron chi connectivity index (χ4n) is 3.09. The van der Waals surface area contributed by atoms with Crippen LogP contribution in [0.5, 0.6) is 0 Å². The number of rotatable bonds is 17. The zero-order valence-electron chi connectivity index (χ0n) is 19.1. The van der Waals surface area contributed by atoms with Gasteiger partial charge in [-0.05, 0) is 20.3 Å².